The van der Waals surface area contributed by atoms with Gasteiger partial charge in [-0.3, -0.25) is 14.4 Å². The van der Waals surface area contributed by atoms with Crippen molar-refractivity contribution >= 4 is 45.0 Å². The van der Waals surface area contributed by atoms with Crippen molar-refractivity contribution in [1.82, 2.24) is 5.32 Å². The number of nitrogens with one attached hydrogen (secondary N) is 2. The van der Waals surface area contributed by atoms with Crippen molar-refractivity contribution in [3.8, 4) is 0 Å². The Bertz CT molecular complexity index is 970. The van der Waals surface area contributed by atoms with Crippen molar-refractivity contribution in [1.29, 1.82) is 0 Å². The maximum absolute atomic E-state index is 12.9. The predicted octanol–water partition coefficient (Wildman–Crippen LogP) is 4.50. The third-order valence-electron chi connectivity index (χ3n) is 6.00. The van der Waals surface area contributed by atoms with Crippen LogP contribution in [0.4, 0.5) is 11.4 Å². The molecular weight excluding hydrogens is 458 g/mol. The van der Waals surface area contributed by atoms with Gasteiger partial charge in [-0.25, -0.2) is 0 Å². The molecule has 2 aromatic carbocycles. The van der Waals surface area contributed by atoms with Crippen LogP contribution >= 0.6 is 15.9 Å². The Hall–Kier alpha value is -2.67. The Kier molecular flexibility index (Phi) is 6.70. The van der Waals surface area contributed by atoms with Crippen molar-refractivity contribution < 1.29 is 14.4 Å². The molecule has 7 heteroatoms. The average Bonchev–Trinajstić information content (AvgIpc) is 3.17. The molecule has 1 heterocycles. The van der Waals surface area contributed by atoms with Gasteiger partial charge in [0.25, 0.3) is 5.91 Å². The van der Waals surface area contributed by atoms with E-state index in [1.807, 2.05) is 24.3 Å². The van der Waals surface area contributed by atoms with Crippen molar-refractivity contribution in [2.45, 2.75) is 44.6 Å². The summed E-state index contributed by atoms with van der Waals surface area (Å²) >= 11 is 3.39. The topological polar surface area (TPSA) is 78.5 Å². The fourth-order valence-electron chi connectivity index (χ4n) is 4.29. The summed E-state index contributed by atoms with van der Waals surface area (Å²) in [6.07, 6.45) is 5.63. The van der Waals surface area contributed by atoms with Crippen LogP contribution in [0.25, 0.3) is 0 Å². The number of hydrogen-bond acceptors (Lipinski definition) is 3. The fraction of sp³-hybridized carbons (Fsp3) is 0.375. The fourth-order valence-corrected chi connectivity index (χ4v) is 4.55. The summed E-state index contributed by atoms with van der Waals surface area (Å²) in [4.78, 5) is 39.9. The highest BCUT2D eigenvalue weighted by molar-refractivity contribution is 9.10. The molecule has 0 unspecified atom stereocenters. The molecule has 2 N–H and O–H groups in total. The minimum absolute atomic E-state index is 0.0780. The van der Waals surface area contributed by atoms with Gasteiger partial charge >= 0.3 is 0 Å². The van der Waals surface area contributed by atoms with E-state index in [-0.39, 0.29) is 30.2 Å². The summed E-state index contributed by atoms with van der Waals surface area (Å²) in [5, 5.41) is 5.99. The zero-order valence-corrected chi connectivity index (χ0v) is 18.9. The monoisotopic (exact) mass is 483 g/mol. The molecule has 1 atom stereocenters. The Labute approximate surface area is 190 Å². The van der Waals surface area contributed by atoms with Gasteiger partial charge < -0.3 is 15.5 Å². The second-order valence-corrected chi connectivity index (χ2v) is 9.14. The van der Waals surface area contributed by atoms with E-state index in [0.29, 0.717) is 17.8 Å². The molecule has 2 aliphatic rings. The van der Waals surface area contributed by atoms with Gasteiger partial charge in [0.2, 0.25) is 11.8 Å². The van der Waals surface area contributed by atoms with E-state index in [1.165, 1.54) is 6.42 Å². The molecule has 1 saturated heterocycles. The van der Waals surface area contributed by atoms with E-state index in [0.717, 1.165) is 35.8 Å². The van der Waals surface area contributed by atoms with Crippen LogP contribution in [-0.2, 0) is 9.59 Å². The number of nitrogens with zero attached hydrogens (tertiary/aromatic N) is 1. The average molecular weight is 484 g/mol. The molecule has 2 fully saturated rings. The number of amides is 3. The number of carbonyl (C=O) groups is 3. The molecule has 1 saturated carbocycles. The van der Waals surface area contributed by atoms with E-state index < -0.39 is 5.92 Å². The summed E-state index contributed by atoms with van der Waals surface area (Å²) in [6, 6.07) is 14.7. The van der Waals surface area contributed by atoms with Gasteiger partial charge in [0.15, 0.2) is 0 Å². The third-order valence-corrected chi connectivity index (χ3v) is 6.53. The number of halogens is 1. The normalized spacial score (nSPS) is 19.3. The molecule has 0 aromatic heterocycles. The Morgan fingerprint density at radius 1 is 0.968 bits per heavy atom. The SMILES string of the molecule is O=C(NC1CCCCC1)c1ccccc1NC(=O)[C@H]1CC(=O)N(c2ccc(Br)cc2)C1. The number of anilines is 2. The predicted molar refractivity (Wildman–Crippen MR) is 124 cm³/mol. The quantitative estimate of drug-likeness (QED) is 0.656. The summed E-state index contributed by atoms with van der Waals surface area (Å²) in [7, 11) is 0. The van der Waals surface area contributed by atoms with Gasteiger partial charge in [-0.2, -0.15) is 0 Å². The van der Waals surface area contributed by atoms with Crippen LogP contribution in [0.2, 0.25) is 0 Å². The smallest absolute Gasteiger partial charge is 0.253 e. The minimum atomic E-state index is -0.467. The zero-order chi connectivity index (χ0) is 21.8. The largest absolute Gasteiger partial charge is 0.349 e. The highest BCUT2D eigenvalue weighted by Gasteiger charge is 2.35. The van der Waals surface area contributed by atoms with Crippen molar-refractivity contribution in [2.75, 3.05) is 16.8 Å². The van der Waals surface area contributed by atoms with Gasteiger partial charge in [-0.1, -0.05) is 47.3 Å². The molecule has 6 nitrogen and oxygen atoms in total. The van der Waals surface area contributed by atoms with Crippen LogP contribution in [-0.4, -0.2) is 30.3 Å². The standard InChI is InChI=1S/C24H26BrN3O3/c25-17-10-12-19(13-11-17)28-15-16(14-22(28)29)23(30)27-21-9-5-4-8-20(21)24(31)26-18-6-2-1-3-7-18/h4-5,8-13,16,18H,1-3,6-7,14-15H2,(H,26,31)(H,27,30)/t16-/m0/s1. The number of hydrogen-bond donors (Lipinski definition) is 2. The summed E-state index contributed by atoms with van der Waals surface area (Å²) in [6.45, 7) is 0.322. The molecule has 1 aliphatic heterocycles. The third kappa shape index (κ3) is 5.15. The summed E-state index contributed by atoms with van der Waals surface area (Å²) < 4.78 is 0.931. The van der Waals surface area contributed by atoms with Crippen LogP contribution in [0.15, 0.2) is 53.0 Å². The number of para-hydroxylation sites is 1. The number of carbonyl (C=O) groups excluding carboxylic acids is 3. The summed E-state index contributed by atoms with van der Waals surface area (Å²) in [5.74, 6) is -0.955. The Morgan fingerprint density at radius 2 is 1.68 bits per heavy atom. The maximum Gasteiger partial charge on any atom is 0.253 e. The van der Waals surface area contributed by atoms with Crippen LogP contribution in [0.1, 0.15) is 48.9 Å². The first-order valence-electron chi connectivity index (χ1n) is 10.8. The summed E-state index contributed by atoms with van der Waals surface area (Å²) in [5.41, 5.74) is 1.71. The first-order chi connectivity index (χ1) is 15.0. The first kappa shape index (κ1) is 21.6. The molecule has 0 radical (unpaired) electrons. The molecule has 31 heavy (non-hydrogen) atoms. The molecule has 4 rings (SSSR count). The van der Waals surface area contributed by atoms with Crippen LogP contribution < -0.4 is 15.5 Å². The highest BCUT2D eigenvalue weighted by Crippen LogP contribution is 2.28. The van der Waals surface area contributed by atoms with Gasteiger partial charge in [0, 0.05) is 29.2 Å². The molecule has 1 aliphatic carbocycles. The molecule has 3 amide bonds. The van der Waals surface area contributed by atoms with Crippen LogP contribution in [0.3, 0.4) is 0 Å². The lowest BCUT2D eigenvalue weighted by Crippen LogP contribution is -2.36. The zero-order valence-electron chi connectivity index (χ0n) is 17.3. The van der Waals surface area contributed by atoms with E-state index in [4.69, 9.17) is 0 Å². The van der Waals surface area contributed by atoms with Gasteiger partial charge in [-0.05, 0) is 49.2 Å². The second kappa shape index (κ2) is 9.64. The molecule has 0 bridgehead atoms. The first-order valence-corrected chi connectivity index (χ1v) is 11.6. The lowest BCUT2D eigenvalue weighted by molar-refractivity contribution is -0.122. The molecular formula is C24H26BrN3O3. The van der Waals surface area contributed by atoms with Crippen molar-refractivity contribution in [3.63, 3.8) is 0 Å². The highest BCUT2D eigenvalue weighted by atomic mass is 79.9. The van der Waals surface area contributed by atoms with E-state index in [2.05, 4.69) is 26.6 Å². The van der Waals surface area contributed by atoms with E-state index in [1.54, 1.807) is 29.2 Å². The molecule has 2 aromatic rings. The van der Waals surface area contributed by atoms with Gasteiger partial charge in [0.05, 0.1) is 17.2 Å². The van der Waals surface area contributed by atoms with Crippen LogP contribution in [0, 0.1) is 5.92 Å². The van der Waals surface area contributed by atoms with Crippen molar-refractivity contribution in [2.24, 2.45) is 5.92 Å². The molecule has 162 valence electrons. The maximum atomic E-state index is 12.9. The lowest BCUT2D eigenvalue weighted by Gasteiger charge is -2.23. The number of rotatable bonds is 5. The minimum Gasteiger partial charge on any atom is -0.349 e. The van der Waals surface area contributed by atoms with E-state index >= 15 is 0 Å². The molecule has 0 spiro atoms. The Balaban J connectivity index is 1.42. The second-order valence-electron chi connectivity index (χ2n) is 8.23. The van der Waals surface area contributed by atoms with Gasteiger partial charge in [-0.15, -0.1) is 0 Å². The van der Waals surface area contributed by atoms with Crippen molar-refractivity contribution in [3.05, 3.63) is 58.6 Å². The van der Waals surface area contributed by atoms with Gasteiger partial charge in [0.1, 0.15) is 0 Å². The van der Waals surface area contributed by atoms with E-state index in [9.17, 15) is 14.4 Å². The number of benzene rings is 2. The van der Waals surface area contributed by atoms with Crippen LogP contribution in [0.5, 0.6) is 0 Å². The Morgan fingerprint density at radius 3 is 2.42 bits per heavy atom. The lowest BCUT2D eigenvalue weighted by atomic mass is 9.95.